The van der Waals surface area contributed by atoms with Crippen LogP contribution in [0.5, 0.6) is 0 Å². The minimum atomic E-state index is -3.45. The molecule has 2 amide bonds. The Kier molecular flexibility index (Phi) is 4.45. The van der Waals surface area contributed by atoms with E-state index in [0.29, 0.717) is 25.7 Å². The number of anilines is 1. The summed E-state index contributed by atoms with van der Waals surface area (Å²) < 4.78 is 23.8. The molecule has 0 saturated heterocycles. The molecule has 2 aliphatic carbocycles. The molecule has 0 radical (unpaired) electrons. The minimum Gasteiger partial charge on any atom is -0.373 e. The Balaban J connectivity index is 1.47. The van der Waals surface area contributed by atoms with Gasteiger partial charge in [0.25, 0.3) is 0 Å². The van der Waals surface area contributed by atoms with Crippen LogP contribution in [0.2, 0.25) is 0 Å². The summed E-state index contributed by atoms with van der Waals surface area (Å²) in [6.45, 7) is 3.63. The molecule has 2 atom stereocenters. The number of aromatic nitrogens is 3. The first kappa shape index (κ1) is 18.7. The molecule has 10 heteroatoms. The van der Waals surface area contributed by atoms with Crippen LogP contribution in [0.4, 0.5) is 10.5 Å². The van der Waals surface area contributed by atoms with Crippen LogP contribution in [0.15, 0.2) is 15.5 Å². The van der Waals surface area contributed by atoms with Gasteiger partial charge in [-0.1, -0.05) is 6.92 Å². The SMILES string of the molecule is CC1CCc2c1nc1c(c2NC(=O)N=S(N)(=O)c2cc3n(n2)CCOC3)CCC1. The highest BCUT2D eigenvalue weighted by molar-refractivity contribution is 7.91. The molecule has 1 aliphatic heterocycles. The van der Waals surface area contributed by atoms with Crippen molar-refractivity contribution in [1.29, 1.82) is 0 Å². The fourth-order valence-electron chi connectivity index (χ4n) is 4.46. The molecule has 2 unspecified atom stereocenters. The third-order valence-corrected chi connectivity index (χ3v) is 7.18. The number of ether oxygens (including phenoxy) is 1. The lowest BCUT2D eigenvalue weighted by Crippen LogP contribution is -2.20. The zero-order chi connectivity index (χ0) is 20.2. The normalized spacial score (nSPS) is 21.8. The van der Waals surface area contributed by atoms with Gasteiger partial charge < -0.3 is 10.1 Å². The Bertz CT molecular complexity index is 1110. The highest BCUT2D eigenvalue weighted by Gasteiger charge is 2.30. The fraction of sp³-hybridized carbons (Fsp3) is 0.526. The lowest BCUT2D eigenvalue weighted by atomic mass is 10.0. The number of carbonyl (C=O) groups is 1. The van der Waals surface area contributed by atoms with Gasteiger partial charge in [-0.2, -0.15) is 5.10 Å². The molecule has 0 fully saturated rings. The Morgan fingerprint density at radius 1 is 1.38 bits per heavy atom. The molecule has 2 aromatic heterocycles. The summed E-state index contributed by atoms with van der Waals surface area (Å²) in [7, 11) is -3.45. The molecule has 3 aliphatic rings. The second-order valence-electron chi connectivity index (χ2n) is 7.91. The van der Waals surface area contributed by atoms with Crippen molar-refractivity contribution in [2.24, 2.45) is 9.50 Å². The second kappa shape index (κ2) is 6.89. The van der Waals surface area contributed by atoms with Gasteiger partial charge in [0.05, 0.1) is 31.1 Å². The lowest BCUT2D eigenvalue weighted by molar-refractivity contribution is 0.0799. The predicted molar refractivity (Wildman–Crippen MR) is 107 cm³/mol. The van der Waals surface area contributed by atoms with Crippen molar-refractivity contribution in [1.82, 2.24) is 14.8 Å². The molecule has 0 saturated carbocycles. The first-order valence-corrected chi connectivity index (χ1v) is 11.5. The van der Waals surface area contributed by atoms with Crippen LogP contribution in [0.1, 0.15) is 53.9 Å². The average molecular weight is 417 g/mol. The fourth-order valence-corrected chi connectivity index (χ4v) is 5.37. The van der Waals surface area contributed by atoms with Gasteiger partial charge in [0.1, 0.15) is 0 Å². The van der Waals surface area contributed by atoms with Gasteiger partial charge in [0, 0.05) is 17.5 Å². The Hall–Kier alpha value is -2.30. The van der Waals surface area contributed by atoms with E-state index >= 15 is 0 Å². The van der Waals surface area contributed by atoms with Crippen molar-refractivity contribution >= 4 is 21.6 Å². The van der Waals surface area contributed by atoms with Crippen molar-refractivity contribution in [3.8, 4) is 0 Å². The molecule has 3 heterocycles. The molecule has 0 aromatic carbocycles. The number of rotatable bonds is 2. The number of hydrogen-bond donors (Lipinski definition) is 2. The molecule has 154 valence electrons. The monoisotopic (exact) mass is 416 g/mol. The number of urea groups is 1. The number of nitrogens with one attached hydrogen (secondary N) is 1. The second-order valence-corrected chi connectivity index (χ2v) is 9.65. The maximum Gasteiger partial charge on any atom is 0.354 e. The van der Waals surface area contributed by atoms with Crippen LogP contribution in [0.25, 0.3) is 0 Å². The van der Waals surface area contributed by atoms with E-state index < -0.39 is 15.9 Å². The zero-order valence-corrected chi connectivity index (χ0v) is 17.1. The number of hydrogen-bond acceptors (Lipinski definition) is 5. The van der Waals surface area contributed by atoms with E-state index in [1.807, 2.05) is 0 Å². The molecule has 3 N–H and O–H groups in total. The summed E-state index contributed by atoms with van der Waals surface area (Å²) in [5.41, 5.74) is 5.87. The molecule has 5 rings (SSSR count). The summed E-state index contributed by atoms with van der Waals surface area (Å²) in [5, 5.41) is 13.2. The number of fused-ring (bicyclic) bond motifs is 3. The molecular weight excluding hydrogens is 392 g/mol. The average Bonchev–Trinajstić information content (AvgIpc) is 3.40. The van der Waals surface area contributed by atoms with Crippen LogP contribution in [0, 0.1) is 0 Å². The van der Waals surface area contributed by atoms with E-state index in [9.17, 15) is 9.00 Å². The largest absolute Gasteiger partial charge is 0.373 e. The maximum absolute atomic E-state index is 12.9. The Morgan fingerprint density at radius 2 is 2.24 bits per heavy atom. The van der Waals surface area contributed by atoms with E-state index in [1.54, 1.807) is 10.7 Å². The van der Waals surface area contributed by atoms with Crippen LogP contribution >= 0.6 is 0 Å². The lowest BCUT2D eigenvalue weighted by Gasteiger charge is -2.15. The highest BCUT2D eigenvalue weighted by Crippen LogP contribution is 2.41. The summed E-state index contributed by atoms with van der Waals surface area (Å²) in [6, 6.07) is 0.892. The predicted octanol–water partition coefficient (Wildman–Crippen LogP) is 2.28. The van der Waals surface area contributed by atoms with Gasteiger partial charge in [0.2, 0.25) is 0 Å². The standard InChI is InChI=1S/C19H24N6O3S/c1-11-5-6-14-17(11)21-15-4-2-3-13(15)18(14)22-19(26)24-29(20,27)16-9-12-10-28-8-7-25(12)23-16/h9,11H,2-8,10H2,1H3,(H3,20,21,22,24,26,27). The maximum atomic E-state index is 12.9. The van der Waals surface area contributed by atoms with Gasteiger partial charge in [-0.05, 0) is 49.1 Å². The molecule has 0 bridgehead atoms. The van der Waals surface area contributed by atoms with Crippen LogP contribution in [0.3, 0.4) is 0 Å². The van der Waals surface area contributed by atoms with Gasteiger partial charge in [-0.3, -0.25) is 9.67 Å². The number of amides is 2. The van der Waals surface area contributed by atoms with Gasteiger partial charge in [-0.15, -0.1) is 4.36 Å². The van der Waals surface area contributed by atoms with Crippen LogP contribution < -0.4 is 10.5 Å². The number of nitrogens with two attached hydrogens (primary N) is 1. The number of nitrogens with zero attached hydrogens (tertiary/aromatic N) is 4. The van der Waals surface area contributed by atoms with E-state index in [4.69, 9.17) is 14.9 Å². The van der Waals surface area contributed by atoms with E-state index in [-0.39, 0.29) is 5.03 Å². The van der Waals surface area contributed by atoms with Crippen molar-refractivity contribution in [3.05, 3.63) is 34.3 Å². The van der Waals surface area contributed by atoms with Crippen molar-refractivity contribution < 1.29 is 13.7 Å². The molecule has 9 nitrogen and oxygen atoms in total. The van der Waals surface area contributed by atoms with E-state index in [2.05, 4.69) is 21.7 Å². The smallest absolute Gasteiger partial charge is 0.354 e. The van der Waals surface area contributed by atoms with Crippen LogP contribution in [-0.4, -0.2) is 31.6 Å². The molecule has 2 aromatic rings. The first-order chi connectivity index (χ1) is 13.9. The molecular formula is C19H24N6O3S. The first-order valence-electron chi connectivity index (χ1n) is 9.97. The van der Waals surface area contributed by atoms with Gasteiger partial charge >= 0.3 is 6.03 Å². The van der Waals surface area contributed by atoms with Gasteiger partial charge in [0.15, 0.2) is 14.9 Å². The van der Waals surface area contributed by atoms with Crippen molar-refractivity contribution in [3.63, 3.8) is 0 Å². The summed E-state index contributed by atoms with van der Waals surface area (Å²) in [4.78, 5) is 17.6. The van der Waals surface area contributed by atoms with Crippen molar-refractivity contribution in [2.75, 3.05) is 11.9 Å². The summed E-state index contributed by atoms with van der Waals surface area (Å²) in [6.07, 6.45) is 4.71. The summed E-state index contributed by atoms with van der Waals surface area (Å²) >= 11 is 0. The third kappa shape index (κ3) is 3.24. The number of carbonyl (C=O) groups excluding carboxylic acids is 1. The molecule has 29 heavy (non-hydrogen) atoms. The zero-order valence-electron chi connectivity index (χ0n) is 16.3. The van der Waals surface area contributed by atoms with Crippen molar-refractivity contribution in [2.45, 2.75) is 63.1 Å². The third-order valence-electron chi connectivity index (χ3n) is 5.94. The minimum absolute atomic E-state index is 0.104. The Labute approximate surface area is 169 Å². The number of pyridine rings is 1. The molecule has 0 spiro atoms. The van der Waals surface area contributed by atoms with E-state index in [0.717, 1.165) is 66.0 Å². The Morgan fingerprint density at radius 3 is 3.07 bits per heavy atom. The van der Waals surface area contributed by atoms with E-state index in [1.165, 1.54) is 0 Å². The van der Waals surface area contributed by atoms with Crippen LogP contribution in [-0.2, 0) is 47.1 Å². The topological polar surface area (TPSA) is 124 Å². The number of aryl methyl sites for hydroxylation is 1. The van der Waals surface area contributed by atoms with Gasteiger partial charge in [-0.25, -0.2) is 14.1 Å². The summed E-state index contributed by atoms with van der Waals surface area (Å²) in [5.74, 6) is 0.376. The quantitative estimate of drug-likeness (QED) is 0.777. The highest BCUT2D eigenvalue weighted by atomic mass is 32.2.